The van der Waals surface area contributed by atoms with Crippen molar-refractivity contribution in [1.29, 1.82) is 0 Å². The molecule has 0 aliphatic rings. The number of amides is 1. The molecule has 1 amide bonds. The van der Waals surface area contributed by atoms with Crippen LogP contribution in [0.15, 0.2) is 18.2 Å². The van der Waals surface area contributed by atoms with Gasteiger partial charge in [-0.25, -0.2) is 8.78 Å². The van der Waals surface area contributed by atoms with Crippen LogP contribution in [0.2, 0.25) is 0 Å². The van der Waals surface area contributed by atoms with Crippen molar-refractivity contribution in [2.24, 2.45) is 0 Å². The molecule has 0 saturated heterocycles. The monoisotopic (exact) mass is 261 g/mol. The number of nitrogens with one attached hydrogen (secondary N) is 1. The molecular formula is C12H14ClF2NO. The van der Waals surface area contributed by atoms with Crippen LogP contribution in [0.4, 0.5) is 8.78 Å². The average molecular weight is 262 g/mol. The number of hydrogen-bond donors (Lipinski definition) is 1. The van der Waals surface area contributed by atoms with Gasteiger partial charge in [-0.05, 0) is 26.8 Å². The first kappa shape index (κ1) is 13.9. The van der Waals surface area contributed by atoms with E-state index in [-0.39, 0.29) is 5.56 Å². The molecule has 0 aliphatic heterocycles. The van der Waals surface area contributed by atoms with Crippen LogP contribution in [0.25, 0.3) is 0 Å². The van der Waals surface area contributed by atoms with Crippen molar-refractivity contribution in [2.75, 3.05) is 0 Å². The minimum absolute atomic E-state index is 0.213. The summed E-state index contributed by atoms with van der Waals surface area (Å²) in [6.07, 6.45) is 0. The number of rotatable bonds is 3. The van der Waals surface area contributed by atoms with Crippen LogP contribution in [0.1, 0.15) is 26.3 Å². The molecule has 0 fully saturated rings. The molecule has 1 aromatic carbocycles. The summed E-state index contributed by atoms with van der Waals surface area (Å²) >= 11 is 5.62. The zero-order chi connectivity index (χ0) is 13.2. The van der Waals surface area contributed by atoms with E-state index < -0.39 is 28.5 Å². The Labute approximate surface area is 104 Å². The van der Waals surface area contributed by atoms with E-state index in [9.17, 15) is 13.6 Å². The largest absolute Gasteiger partial charge is 0.346 e. The highest BCUT2D eigenvalue weighted by molar-refractivity contribution is 6.30. The Balaban J connectivity index is 3.00. The zero-order valence-corrected chi connectivity index (χ0v) is 10.6. The van der Waals surface area contributed by atoms with Crippen molar-refractivity contribution in [3.05, 3.63) is 35.4 Å². The molecule has 1 unspecified atom stereocenters. The molecule has 1 N–H and O–H groups in total. The van der Waals surface area contributed by atoms with Gasteiger partial charge in [0.1, 0.15) is 17.0 Å². The van der Waals surface area contributed by atoms with Crippen LogP contribution >= 0.6 is 11.6 Å². The molecule has 17 heavy (non-hydrogen) atoms. The minimum Gasteiger partial charge on any atom is -0.346 e. The lowest BCUT2D eigenvalue weighted by Crippen LogP contribution is -2.44. The summed E-state index contributed by atoms with van der Waals surface area (Å²) in [7, 11) is 0. The molecule has 0 bridgehead atoms. The summed E-state index contributed by atoms with van der Waals surface area (Å²) in [6, 6.07) is 3.24. The van der Waals surface area contributed by atoms with Gasteiger partial charge in [0.15, 0.2) is 0 Å². The predicted octanol–water partition coefficient (Wildman–Crippen LogP) is 2.94. The molecule has 1 rings (SSSR count). The quantitative estimate of drug-likeness (QED) is 0.833. The van der Waals surface area contributed by atoms with Gasteiger partial charge in [-0.3, -0.25) is 4.79 Å². The molecule has 0 aromatic heterocycles. The summed E-state index contributed by atoms with van der Waals surface area (Å²) in [5.41, 5.74) is -0.734. The minimum atomic E-state index is -0.946. The number of alkyl halides is 1. The van der Waals surface area contributed by atoms with E-state index in [2.05, 4.69) is 5.32 Å². The first-order valence-corrected chi connectivity index (χ1v) is 5.59. The molecule has 5 heteroatoms. The summed E-state index contributed by atoms with van der Waals surface area (Å²) < 4.78 is 26.4. The Hall–Kier alpha value is -1.16. The van der Waals surface area contributed by atoms with Crippen LogP contribution in [0.3, 0.4) is 0 Å². The van der Waals surface area contributed by atoms with Gasteiger partial charge in [-0.1, -0.05) is 6.07 Å². The van der Waals surface area contributed by atoms with Gasteiger partial charge < -0.3 is 5.32 Å². The lowest BCUT2D eigenvalue weighted by molar-refractivity contribution is -0.122. The highest BCUT2D eigenvalue weighted by atomic mass is 35.5. The Morgan fingerprint density at radius 3 is 2.47 bits per heavy atom. The second kappa shape index (κ2) is 5.00. The standard InChI is InChI=1S/C12H14ClF2NO/c1-7(13)11(17)16-12(2,3)9-5-4-8(14)6-10(9)15/h4-7H,1-3H3,(H,16,17). The maximum Gasteiger partial charge on any atom is 0.238 e. The summed E-state index contributed by atoms with van der Waals surface area (Å²) in [5.74, 6) is -1.75. The molecule has 0 radical (unpaired) electrons. The smallest absolute Gasteiger partial charge is 0.238 e. The van der Waals surface area contributed by atoms with Crippen LogP contribution in [-0.4, -0.2) is 11.3 Å². The summed E-state index contributed by atoms with van der Waals surface area (Å²) in [5, 5.41) is 1.89. The van der Waals surface area contributed by atoms with Crippen LogP contribution in [0, 0.1) is 11.6 Å². The predicted molar refractivity (Wildman–Crippen MR) is 62.8 cm³/mol. The Morgan fingerprint density at radius 2 is 2.00 bits per heavy atom. The van der Waals surface area contributed by atoms with Crippen molar-refractivity contribution < 1.29 is 13.6 Å². The fourth-order valence-electron chi connectivity index (χ4n) is 1.47. The third-order valence-electron chi connectivity index (χ3n) is 2.40. The molecule has 0 aliphatic carbocycles. The van der Waals surface area contributed by atoms with E-state index >= 15 is 0 Å². The van der Waals surface area contributed by atoms with E-state index in [0.29, 0.717) is 0 Å². The highest BCUT2D eigenvalue weighted by Gasteiger charge is 2.27. The van der Waals surface area contributed by atoms with Crippen molar-refractivity contribution in [3.8, 4) is 0 Å². The van der Waals surface area contributed by atoms with Gasteiger partial charge in [0.25, 0.3) is 0 Å². The molecule has 1 aromatic rings. The zero-order valence-electron chi connectivity index (χ0n) is 9.85. The maximum absolute atomic E-state index is 13.6. The van der Waals surface area contributed by atoms with Crippen molar-refractivity contribution >= 4 is 17.5 Å². The van der Waals surface area contributed by atoms with E-state index in [1.165, 1.54) is 13.0 Å². The van der Waals surface area contributed by atoms with Gasteiger partial charge in [0.2, 0.25) is 5.91 Å². The van der Waals surface area contributed by atoms with Crippen LogP contribution < -0.4 is 5.32 Å². The third-order valence-corrected chi connectivity index (χ3v) is 2.60. The fraction of sp³-hybridized carbons (Fsp3) is 0.417. The fourth-order valence-corrected chi connectivity index (χ4v) is 1.53. The molecule has 94 valence electrons. The molecule has 2 nitrogen and oxygen atoms in total. The molecule has 1 atom stereocenters. The second-order valence-electron chi connectivity index (χ2n) is 4.35. The second-order valence-corrected chi connectivity index (χ2v) is 5.01. The molecular weight excluding hydrogens is 248 g/mol. The average Bonchev–Trinajstić information content (AvgIpc) is 2.15. The summed E-state index contributed by atoms with van der Waals surface area (Å²) in [4.78, 5) is 11.5. The number of benzene rings is 1. The number of halogens is 3. The molecule has 0 spiro atoms. The lowest BCUT2D eigenvalue weighted by Gasteiger charge is -2.28. The van der Waals surface area contributed by atoms with Crippen LogP contribution in [-0.2, 0) is 10.3 Å². The lowest BCUT2D eigenvalue weighted by atomic mass is 9.93. The van der Waals surface area contributed by atoms with Gasteiger partial charge in [0, 0.05) is 11.6 Å². The van der Waals surface area contributed by atoms with E-state index in [0.717, 1.165) is 12.1 Å². The molecule has 0 heterocycles. The van der Waals surface area contributed by atoms with E-state index in [1.807, 2.05) is 0 Å². The van der Waals surface area contributed by atoms with Gasteiger partial charge in [0.05, 0.1) is 5.54 Å². The first-order chi connectivity index (χ1) is 7.74. The normalized spacial score (nSPS) is 13.3. The van der Waals surface area contributed by atoms with E-state index in [1.54, 1.807) is 13.8 Å². The topological polar surface area (TPSA) is 29.1 Å². The Bertz CT molecular complexity index is 433. The molecule has 0 saturated carbocycles. The van der Waals surface area contributed by atoms with Crippen LogP contribution in [0.5, 0.6) is 0 Å². The van der Waals surface area contributed by atoms with Gasteiger partial charge in [-0.2, -0.15) is 0 Å². The number of carbonyl (C=O) groups excluding carboxylic acids is 1. The maximum atomic E-state index is 13.6. The van der Waals surface area contributed by atoms with Crippen molar-refractivity contribution in [3.63, 3.8) is 0 Å². The first-order valence-electron chi connectivity index (χ1n) is 5.15. The summed E-state index contributed by atoms with van der Waals surface area (Å²) in [6.45, 7) is 4.77. The van der Waals surface area contributed by atoms with Crippen molar-refractivity contribution in [1.82, 2.24) is 5.32 Å². The van der Waals surface area contributed by atoms with Gasteiger partial charge in [-0.15, -0.1) is 11.6 Å². The number of carbonyl (C=O) groups is 1. The van der Waals surface area contributed by atoms with E-state index in [4.69, 9.17) is 11.6 Å². The number of hydrogen-bond acceptors (Lipinski definition) is 1. The highest BCUT2D eigenvalue weighted by Crippen LogP contribution is 2.24. The Kier molecular flexibility index (Phi) is 4.09. The SMILES string of the molecule is CC(Cl)C(=O)NC(C)(C)c1ccc(F)cc1F. The van der Waals surface area contributed by atoms with Crippen molar-refractivity contribution in [2.45, 2.75) is 31.7 Å². The Morgan fingerprint density at radius 1 is 1.41 bits per heavy atom. The van der Waals surface area contributed by atoms with Gasteiger partial charge >= 0.3 is 0 Å². The third kappa shape index (κ3) is 3.40.